The molecule has 0 unspecified atom stereocenters. The topological polar surface area (TPSA) is 64.3 Å². The van der Waals surface area contributed by atoms with Crippen molar-refractivity contribution in [3.05, 3.63) is 42.5 Å². The van der Waals surface area contributed by atoms with Gasteiger partial charge in [0.15, 0.2) is 0 Å². The summed E-state index contributed by atoms with van der Waals surface area (Å²) < 4.78 is 5.82. The fraction of sp³-hybridized carbons (Fsp3) is 0.389. The third kappa shape index (κ3) is 5.73. The van der Waals surface area contributed by atoms with Crippen molar-refractivity contribution in [2.45, 2.75) is 32.2 Å². The second-order valence-corrected chi connectivity index (χ2v) is 6.07. The maximum Gasteiger partial charge on any atom is 0.220 e. The van der Waals surface area contributed by atoms with E-state index in [0.717, 1.165) is 16.5 Å². The molecule has 0 aliphatic heterocycles. The van der Waals surface area contributed by atoms with Gasteiger partial charge in [0.25, 0.3) is 0 Å². The lowest BCUT2D eigenvalue weighted by molar-refractivity contribution is -0.122. The summed E-state index contributed by atoms with van der Waals surface area (Å²) in [6, 6.07) is 14.1. The molecule has 0 aromatic heterocycles. The highest BCUT2D eigenvalue weighted by molar-refractivity contribution is 5.88. The molecule has 23 heavy (non-hydrogen) atoms. The van der Waals surface area contributed by atoms with Crippen LogP contribution in [0.4, 0.5) is 0 Å². The highest BCUT2D eigenvalue weighted by atomic mass is 35.5. The van der Waals surface area contributed by atoms with Crippen molar-refractivity contribution >= 4 is 29.1 Å². The van der Waals surface area contributed by atoms with Gasteiger partial charge in [0.2, 0.25) is 5.91 Å². The van der Waals surface area contributed by atoms with Gasteiger partial charge in [-0.25, -0.2) is 0 Å². The molecule has 0 atom stereocenters. The van der Waals surface area contributed by atoms with Crippen molar-refractivity contribution in [1.82, 2.24) is 5.32 Å². The van der Waals surface area contributed by atoms with Crippen LogP contribution in [0.3, 0.4) is 0 Å². The average molecular weight is 337 g/mol. The number of rotatable bonds is 7. The zero-order valence-corrected chi connectivity index (χ0v) is 14.5. The minimum Gasteiger partial charge on any atom is -0.493 e. The van der Waals surface area contributed by atoms with E-state index in [1.54, 1.807) is 0 Å². The van der Waals surface area contributed by atoms with Crippen molar-refractivity contribution in [3.8, 4) is 5.75 Å². The molecule has 5 heteroatoms. The summed E-state index contributed by atoms with van der Waals surface area (Å²) in [6.45, 7) is 4.77. The van der Waals surface area contributed by atoms with E-state index in [4.69, 9.17) is 10.5 Å². The molecule has 1 amide bonds. The maximum atomic E-state index is 11.8. The molecule has 0 saturated heterocycles. The van der Waals surface area contributed by atoms with Gasteiger partial charge in [-0.15, -0.1) is 12.4 Å². The van der Waals surface area contributed by atoms with Gasteiger partial charge in [-0.3, -0.25) is 4.79 Å². The summed E-state index contributed by atoms with van der Waals surface area (Å²) in [5.41, 5.74) is 5.25. The number of carbonyl (C=O) groups excluding carboxylic acids is 1. The van der Waals surface area contributed by atoms with Crippen LogP contribution in [-0.4, -0.2) is 24.6 Å². The number of nitrogens with two attached hydrogens (primary N) is 1. The summed E-state index contributed by atoms with van der Waals surface area (Å²) in [5.74, 6) is 0.873. The van der Waals surface area contributed by atoms with E-state index in [2.05, 4.69) is 17.4 Å². The third-order valence-electron chi connectivity index (χ3n) is 3.54. The Bertz CT molecular complexity index is 638. The Balaban J connectivity index is 0.00000264. The monoisotopic (exact) mass is 336 g/mol. The molecule has 3 N–H and O–H groups in total. The molecule has 0 fully saturated rings. The lowest BCUT2D eigenvalue weighted by Gasteiger charge is -2.24. The van der Waals surface area contributed by atoms with E-state index in [0.29, 0.717) is 26.0 Å². The Labute approximate surface area is 143 Å². The van der Waals surface area contributed by atoms with Crippen LogP contribution in [0.15, 0.2) is 42.5 Å². The Kier molecular flexibility index (Phi) is 7.33. The number of halogens is 1. The van der Waals surface area contributed by atoms with Crippen LogP contribution in [0, 0.1) is 0 Å². The van der Waals surface area contributed by atoms with Gasteiger partial charge in [-0.1, -0.05) is 36.4 Å². The Morgan fingerprint density at radius 3 is 2.61 bits per heavy atom. The van der Waals surface area contributed by atoms with E-state index in [1.807, 2.05) is 44.2 Å². The number of fused-ring (bicyclic) bond motifs is 1. The molecule has 0 aliphatic rings. The molecule has 126 valence electrons. The first-order valence-corrected chi connectivity index (χ1v) is 7.63. The summed E-state index contributed by atoms with van der Waals surface area (Å²) in [7, 11) is 0. The number of hydrogen-bond donors (Lipinski definition) is 2. The van der Waals surface area contributed by atoms with Crippen molar-refractivity contribution in [2.24, 2.45) is 5.73 Å². The standard InChI is InChI=1S/C18H24N2O2.ClH/c1-18(2,13-19)20-17(21)11-6-12-22-16-10-5-8-14-7-3-4-9-15(14)16;/h3-5,7-10H,6,11-13,19H2,1-2H3,(H,20,21);1H. The van der Waals surface area contributed by atoms with Crippen molar-refractivity contribution in [1.29, 1.82) is 0 Å². The predicted molar refractivity (Wildman–Crippen MR) is 97.2 cm³/mol. The van der Waals surface area contributed by atoms with Crippen molar-refractivity contribution < 1.29 is 9.53 Å². The minimum absolute atomic E-state index is 0. The van der Waals surface area contributed by atoms with Gasteiger partial charge in [-0.05, 0) is 31.7 Å². The molecule has 0 bridgehead atoms. The molecule has 2 aromatic carbocycles. The van der Waals surface area contributed by atoms with Gasteiger partial charge >= 0.3 is 0 Å². The van der Waals surface area contributed by atoms with E-state index in [-0.39, 0.29) is 23.9 Å². The molecule has 4 nitrogen and oxygen atoms in total. The van der Waals surface area contributed by atoms with Crippen LogP contribution in [-0.2, 0) is 4.79 Å². The van der Waals surface area contributed by atoms with Crippen molar-refractivity contribution in [3.63, 3.8) is 0 Å². The van der Waals surface area contributed by atoms with Gasteiger partial charge in [0.05, 0.1) is 6.61 Å². The lowest BCUT2D eigenvalue weighted by Crippen LogP contribution is -2.48. The first-order valence-electron chi connectivity index (χ1n) is 7.63. The van der Waals surface area contributed by atoms with E-state index < -0.39 is 0 Å². The minimum atomic E-state index is -0.354. The first-order chi connectivity index (χ1) is 10.5. The summed E-state index contributed by atoms with van der Waals surface area (Å²) >= 11 is 0. The van der Waals surface area contributed by atoms with Crippen LogP contribution < -0.4 is 15.8 Å². The third-order valence-corrected chi connectivity index (χ3v) is 3.54. The van der Waals surface area contributed by atoms with Crippen molar-refractivity contribution in [2.75, 3.05) is 13.2 Å². The Morgan fingerprint density at radius 1 is 1.17 bits per heavy atom. The van der Waals surface area contributed by atoms with Crippen LogP contribution in [0.5, 0.6) is 5.75 Å². The van der Waals surface area contributed by atoms with E-state index in [9.17, 15) is 4.79 Å². The maximum absolute atomic E-state index is 11.8. The number of benzene rings is 2. The number of ether oxygens (including phenoxy) is 1. The quantitative estimate of drug-likeness (QED) is 0.763. The zero-order chi connectivity index (χ0) is 16.0. The molecular formula is C18H25ClN2O2. The first kappa shape index (κ1) is 19.3. The number of amides is 1. The molecule has 2 aromatic rings. The lowest BCUT2D eigenvalue weighted by atomic mass is 10.1. The average Bonchev–Trinajstić information content (AvgIpc) is 2.51. The van der Waals surface area contributed by atoms with Gasteiger partial charge in [-0.2, -0.15) is 0 Å². The summed E-state index contributed by atoms with van der Waals surface area (Å²) in [4.78, 5) is 11.8. The Morgan fingerprint density at radius 2 is 1.87 bits per heavy atom. The fourth-order valence-electron chi connectivity index (χ4n) is 2.23. The van der Waals surface area contributed by atoms with Gasteiger partial charge in [0, 0.05) is 23.9 Å². The van der Waals surface area contributed by atoms with E-state index in [1.165, 1.54) is 0 Å². The normalized spacial score (nSPS) is 10.9. The largest absolute Gasteiger partial charge is 0.493 e. The van der Waals surface area contributed by atoms with Crippen LogP contribution in [0.2, 0.25) is 0 Å². The smallest absolute Gasteiger partial charge is 0.220 e. The number of hydrogen-bond acceptors (Lipinski definition) is 3. The molecule has 0 spiro atoms. The van der Waals surface area contributed by atoms with Gasteiger partial charge in [0.1, 0.15) is 5.75 Å². The predicted octanol–water partition coefficient (Wildman–Crippen LogP) is 3.27. The molecule has 0 aliphatic carbocycles. The highest BCUT2D eigenvalue weighted by Gasteiger charge is 2.17. The molecule has 0 saturated carbocycles. The zero-order valence-electron chi connectivity index (χ0n) is 13.7. The molecule has 0 heterocycles. The molecule has 0 radical (unpaired) electrons. The van der Waals surface area contributed by atoms with Crippen LogP contribution in [0.1, 0.15) is 26.7 Å². The fourth-order valence-corrected chi connectivity index (χ4v) is 2.23. The highest BCUT2D eigenvalue weighted by Crippen LogP contribution is 2.25. The van der Waals surface area contributed by atoms with Crippen LogP contribution >= 0.6 is 12.4 Å². The molecular weight excluding hydrogens is 312 g/mol. The summed E-state index contributed by atoms with van der Waals surface area (Å²) in [6.07, 6.45) is 1.11. The van der Waals surface area contributed by atoms with Gasteiger partial charge < -0.3 is 15.8 Å². The van der Waals surface area contributed by atoms with E-state index >= 15 is 0 Å². The second kappa shape index (κ2) is 8.75. The summed E-state index contributed by atoms with van der Waals surface area (Å²) in [5, 5.41) is 5.17. The molecule has 2 rings (SSSR count). The second-order valence-electron chi connectivity index (χ2n) is 6.07. The SMILES string of the molecule is CC(C)(CN)NC(=O)CCCOc1cccc2ccccc12.Cl. The number of nitrogens with one attached hydrogen (secondary N) is 1. The number of carbonyl (C=O) groups is 1. The Hall–Kier alpha value is -1.78. The van der Waals surface area contributed by atoms with Crippen LogP contribution in [0.25, 0.3) is 10.8 Å².